The zero-order valence-electron chi connectivity index (χ0n) is 8.35. The van der Waals surface area contributed by atoms with E-state index in [0.717, 1.165) is 5.69 Å². The van der Waals surface area contributed by atoms with Gasteiger partial charge in [-0.25, -0.2) is 9.37 Å². The number of rotatable bonds is 3. The first-order valence-electron chi connectivity index (χ1n) is 4.60. The molecule has 4 heteroatoms. The molecule has 0 atom stereocenters. The van der Waals surface area contributed by atoms with E-state index in [0.29, 0.717) is 6.61 Å². The SMILES string of the molecule is Cn1cncc1COc1ccccc1F. The second-order valence-corrected chi connectivity index (χ2v) is 3.21. The number of para-hydroxylation sites is 1. The Kier molecular flexibility index (Phi) is 2.67. The Labute approximate surface area is 87.1 Å². The topological polar surface area (TPSA) is 27.1 Å². The molecule has 0 aliphatic heterocycles. The highest BCUT2D eigenvalue weighted by molar-refractivity contribution is 5.23. The van der Waals surface area contributed by atoms with Gasteiger partial charge in [0.15, 0.2) is 11.6 Å². The van der Waals surface area contributed by atoms with Crippen LogP contribution in [0.15, 0.2) is 36.8 Å². The maximum Gasteiger partial charge on any atom is 0.165 e. The van der Waals surface area contributed by atoms with Gasteiger partial charge in [-0.05, 0) is 12.1 Å². The number of hydrogen-bond acceptors (Lipinski definition) is 2. The van der Waals surface area contributed by atoms with Crippen molar-refractivity contribution in [1.29, 1.82) is 0 Å². The monoisotopic (exact) mass is 206 g/mol. The summed E-state index contributed by atoms with van der Waals surface area (Å²) in [5, 5.41) is 0. The third-order valence-electron chi connectivity index (χ3n) is 2.13. The van der Waals surface area contributed by atoms with Crippen LogP contribution in [0.4, 0.5) is 4.39 Å². The Morgan fingerprint density at radius 1 is 1.40 bits per heavy atom. The van der Waals surface area contributed by atoms with Crippen LogP contribution in [0.25, 0.3) is 0 Å². The number of ether oxygens (including phenoxy) is 1. The van der Waals surface area contributed by atoms with E-state index in [4.69, 9.17) is 4.74 Å². The van der Waals surface area contributed by atoms with E-state index < -0.39 is 0 Å². The van der Waals surface area contributed by atoms with Crippen LogP contribution in [-0.2, 0) is 13.7 Å². The summed E-state index contributed by atoms with van der Waals surface area (Å²) in [7, 11) is 1.87. The molecule has 0 fully saturated rings. The normalized spacial score (nSPS) is 10.3. The quantitative estimate of drug-likeness (QED) is 0.769. The Bertz CT molecular complexity index is 453. The molecule has 0 aliphatic rings. The van der Waals surface area contributed by atoms with Crippen molar-refractivity contribution < 1.29 is 9.13 Å². The van der Waals surface area contributed by atoms with E-state index in [1.165, 1.54) is 6.07 Å². The lowest BCUT2D eigenvalue weighted by molar-refractivity contribution is 0.282. The van der Waals surface area contributed by atoms with E-state index in [1.807, 2.05) is 11.6 Å². The summed E-state index contributed by atoms with van der Waals surface area (Å²) in [4.78, 5) is 3.95. The van der Waals surface area contributed by atoms with E-state index >= 15 is 0 Å². The first-order valence-corrected chi connectivity index (χ1v) is 4.60. The molecule has 3 nitrogen and oxygen atoms in total. The number of hydrogen-bond donors (Lipinski definition) is 0. The summed E-state index contributed by atoms with van der Waals surface area (Å²) in [5.74, 6) is -0.0848. The van der Waals surface area contributed by atoms with Crippen LogP contribution >= 0.6 is 0 Å². The van der Waals surface area contributed by atoms with Crippen LogP contribution in [0.1, 0.15) is 5.69 Å². The predicted octanol–water partition coefficient (Wildman–Crippen LogP) is 2.14. The minimum absolute atomic E-state index is 0.263. The molecule has 0 saturated carbocycles. The summed E-state index contributed by atoms with van der Waals surface area (Å²) in [5.41, 5.74) is 0.901. The van der Waals surface area contributed by atoms with Crippen LogP contribution in [0.5, 0.6) is 5.75 Å². The van der Waals surface area contributed by atoms with Crippen molar-refractivity contribution >= 4 is 0 Å². The maximum absolute atomic E-state index is 13.2. The molecule has 0 spiro atoms. The fourth-order valence-corrected chi connectivity index (χ4v) is 1.24. The van der Waals surface area contributed by atoms with Gasteiger partial charge in [0.1, 0.15) is 6.61 Å². The first-order chi connectivity index (χ1) is 7.27. The third-order valence-corrected chi connectivity index (χ3v) is 2.13. The molecule has 0 radical (unpaired) electrons. The van der Waals surface area contributed by atoms with Gasteiger partial charge in [0, 0.05) is 7.05 Å². The standard InChI is InChI=1S/C11H11FN2O/c1-14-8-13-6-9(14)7-15-11-5-3-2-4-10(11)12/h2-6,8H,7H2,1H3. The molecule has 2 aromatic rings. The van der Waals surface area contributed by atoms with Crippen LogP contribution in [0.3, 0.4) is 0 Å². The predicted molar refractivity (Wildman–Crippen MR) is 53.9 cm³/mol. The average molecular weight is 206 g/mol. The van der Waals surface area contributed by atoms with Gasteiger partial charge < -0.3 is 9.30 Å². The Morgan fingerprint density at radius 2 is 2.20 bits per heavy atom. The van der Waals surface area contributed by atoms with Crippen molar-refractivity contribution in [3.8, 4) is 5.75 Å². The van der Waals surface area contributed by atoms with Crippen molar-refractivity contribution in [2.24, 2.45) is 7.05 Å². The molecule has 2 rings (SSSR count). The maximum atomic E-state index is 13.2. The van der Waals surface area contributed by atoms with Crippen molar-refractivity contribution in [2.75, 3.05) is 0 Å². The largest absolute Gasteiger partial charge is 0.484 e. The van der Waals surface area contributed by atoms with Gasteiger partial charge in [-0.1, -0.05) is 12.1 Å². The number of aromatic nitrogens is 2. The van der Waals surface area contributed by atoms with E-state index in [1.54, 1.807) is 30.7 Å². The molecule has 15 heavy (non-hydrogen) atoms. The number of imidazole rings is 1. The van der Waals surface area contributed by atoms with Crippen LogP contribution < -0.4 is 4.74 Å². The Hall–Kier alpha value is -1.84. The zero-order valence-corrected chi connectivity index (χ0v) is 8.35. The second kappa shape index (κ2) is 4.13. The molecule has 0 amide bonds. The van der Waals surface area contributed by atoms with Crippen molar-refractivity contribution in [1.82, 2.24) is 9.55 Å². The molecule has 0 unspecified atom stereocenters. The molecule has 0 bridgehead atoms. The fourth-order valence-electron chi connectivity index (χ4n) is 1.24. The summed E-state index contributed by atoms with van der Waals surface area (Å²) in [6.45, 7) is 0.317. The van der Waals surface area contributed by atoms with Gasteiger partial charge >= 0.3 is 0 Å². The van der Waals surface area contributed by atoms with Gasteiger partial charge in [0.2, 0.25) is 0 Å². The summed E-state index contributed by atoms with van der Waals surface area (Å²) in [6, 6.07) is 6.35. The fraction of sp³-hybridized carbons (Fsp3) is 0.182. The number of nitrogens with zero attached hydrogens (tertiary/aromatic N) is 2. The zero-order chi connectivity index (χ0) is 10.7. The van der Waals surface area contributed by atoms with Crippen molar-refractivity contribution in [2.45, 2.75) is 6.61 Å². The highest BCUT2D eigenvalue weighted by Gasteiger charge is 2.03. The van der Waals surface area contributed by atoms with Gasteiger partial charge in [-0.15, -0.1) is 0 Å². The van der Waals surface area contributed by atoms with Crippen LogP contribution in [0, 0.1) is 5.82 Å². The molecule has 78 valence electrons. The van der Waals surface area contributed by atoms with Crippen LogP contribution in [-0.4, -0.2) is 9.55 Å². The van der Waals surface area contributed by atoms with Gasteiger partial charge in [-0.2, -0.15) is 0 Å². The molecule has 0 saturated heterocycles. The molecule has 1 heterocycles. The Morgan fingerprint density at radius 3 is 2.87 bits per heavy atom. The molecule has 0 N–H and O–H groups in total. The number of benzene rings is 1. The first kappa shape index (κ1) is 9.71. The summed E-state index contributed by atoms with van der Waals surface area (Å²) in [6.07, 6.45) is 3.38. The molecule has 1 aromatic heterocycles. The van der Waals surface area contributed by atoms with E-state index in [2.05, 4.69) is 4.98 Å². The van der Waals surface area contributed by atoms with Gasteiger partial charge in [0.05, 0.1) is 18.2 Å². The highest BCUT2D eigenvalue weighted by atomic mass is 19.1. The number of halogens is 1. The highest BCUT2D eigenvalue weighted by Crippen LogP contribution is 2.16. The summed E-state index contributed by atoms with van der Waals surface area (Å²) >= 11 is 0. The number of aryl methyl sites for hydroxylation is 1. The second-order valence-electron chi connectivity index (χ2n) is 3.21. The van der Waals surface area contributed by atoms with Crippen molar-refractivity contribution in [3.05, 3.63) is 48.3 Å². The lowest BCUT2D eigenvalue weighted by Gasteiger charge is -2.06. The lowest BCUT2D eigenvalue weighted by atomic mass is 10.3. The molecular formula is C11H11FN2O. The minimum atomic E-state index is -0.348. The minimum Gasteiger partial charge on any atom is -0.484 e. The molecule has 1 aromatic carbocycles. The van der Waals surface area contributed by atoms with Crippen molar-refractivity contribution in [3.63, 3.8) is 0 Å². The lowest BCUT2D eigenvalue weighted by Crippen LogP contribution is -2.01. The van der Waals surface area contributed by atoms with E-state index in [-0.39, 0.29) is 11.6 Å². The summed E-state index contributed by atoms with van der Waals surface area (Å²) < 4.78 is 20.3. The molecular weight excluding hydrogens is 195 g/mol. The van der Waals surface area contributed by atoms with Crippen LogP contribution in [0.2, 0.25) is 0 Å². The van der Waals surface area contributed by atoms with Gasteiger partial charge in [0.25, 0.3) is 0 Å². The Balaban J connectivity index is 2.06. The smallest absolute Gasteiger partial charge is 0.165 e. The molecule has 0 aliphatic carbocycles. The average Bonchev–Trinajstić information content (AvgIpc) is 2.63. The van der Waals surface area contributed by atoms with E-state index in [9.17, 15) is 4.39 Å². The third kappa shape index (κ3) is 2.15. The van der Waals surface area contributed by atoms with Gasteiger partial charge in [-0.3, -0.25) is 0 Å².